The van der Waals surface area contributed by atoms with Gasteiger partial charge in [-0.1, -0.05) is 6.07 Å². The van der Waals surface area contributed by atoms with E-state index in [1.54, 1.807) is 6.07 Å². The number of nitro benzene ring substituents is 1. The fourth-order valence-electron chi connectivity index (χ4n) is 2.07. The molecule has 0 saturated carbocycles. The number of nitro groups is 1. The molecule has 1 aromatic heterocycles. The maximum atomic E-state index is 12.3. The molecule has 0 fully saturated rings. The average molecular weight is 339 g/mol. The molecule has 2 aromatic rings. The first-order chi connectivity index (χ1) is 11.1. The van der Waals surface area contributed by atoms with Gasteiger partial charge in [-0.05, 0) is 24.6 Å². The molecule has 124 valence electrons. The van der Waals surface area contributed by atoms with Gasteiger partial charge in [0, 0.05) is 17.3 Å². The summed E-state index contributed by atoms with van der Waals surface area (Å²) in [5.74, 6) is -0.990. The van der Waals surface area contributed by atoms with Crippen LogP contribution in [0.15, 0.2) is 29.1 Å². The number of alkyl halides is 3. The molecule has 24 heavy (non-hydrogen) atoms. The number of pyridine rings is 1. The Morgan fingerprint density at radius 1 is 1.33 bits per heavy atom. The minimum atomic E-state index is -5.09. The largest absolute Gasteiger partial charge is 0.573 e. The Kier molecular flexibility index (Phi) is 4.28. The van der Waals surface area contributed by atoms with Crippen LogP contribution in [0.5, 0.6) is 5.75 Å². The lowest BCUT2D eigenvalue weighted by molar-refractivity contribution is -0.388. The van der Waals surface area contributed by atoms with Crippen molar-refractivity contribution in [3.05, 3.63) is 56.0 Å². The van der Waals surface area contributed by atoms with Gasteiger partial charge in [0.1, 0.15) is 11.6 Å². The molecule has 0 bridgehead atoms. The first-order valence-electron chi connectivity index (χ1n) is 6.31. The zero-order valence-corrected chi connectivity index (χ0v) is 12.0. The molecule has 0 spiro atoms. The van der Waals surface area contributed by atoms with Crippen LogP contribution in [-0.4, -0.2) is 16.3 Å². The van der Waals surface area contributed by atoms with Crippen LogP contribution >= 0.6 is 0 Å². The van der Waals surface area contributed by atoms with E-state index in [9.17, 15) is 28.1 Å². The molecule has 1 aromatic carbocycles. The number of aryl methyl sites for hydroxylation is 1. The first kappa shape index (κ1) is 17.0. The maximum absolute atomic E-state index is 12.3. The van der Waals surface area contributed by atoms with Crippen molar-refractivity contribution in [1.29, 1.82) is 5.26 Å². The van der Waals surface area contributed by atoms with Crippen LogP contribution in [-0.2, 0) is 0 Å². The summed E-state index contributed by atoms with van der Waals surface area (Å²) >= 11 is 0. The number of ether oxygens (including phenoxy) is 1. The van der Waals surface area contributed by atoms with E-state index in [4.69, 9.17) is 5.26 Å². The zero-order chi connectivity index (χ0) is 18.1. The summed E-state index contributed by atoms with van der Waals surface area (Å²) in [6.45, 7) is 1.53. The van der Waals surface area contributed by atoms with Crippen molar-refractivity contribution in [3.63, 3.8) is 0 Å². The quantitative estimate of drug-likeness (QED) is 0.683. The van der Waals surface area contributed by atoms with Crippen molar-refractivity contribution >= 4 is 5.69 Å². The van der Waals surface area contributed by atoms with Crippen molar-refractivity contribution in [2.24, 2.45) is 0 Å². The Bertz CT molecular complexity index is 913. The third kappa shape index (κ3) is 3.52. The van der Waals surface area contributed by atoms with Gasteiger partial charge in [0.15, 0.2) is 0 Å². The van der Waals surface area contributed by atoms with Crippen molar-refractivity contribution < 1.29 is 22.8 Å². The van der Waals surface area contributed by atoms with Crippen LogP contribution < -0.4 is 10.3 Å². The van der Waals surface area contributed by atoms with Crippen molar-refractivity contribution in [3.8, 4) is 22.9 Å². The normalized spacial score (nSPS) is 11.0. The Labute approximate surface area is 132 Å². The SMILES string of the molecule is Cc1cc(-c2ccc(OC(F)(F)F)c([N+](=O)[O-])c2)c(C#N)c(=O)[nH]1. The second kappa shape index (κ2) is 6.04. The van der Waals surface area contributed by atoms with Gasteiger partial charge < -0.3 is 9.72 Å². The zero-order valence-electron chi connectivity index (χ0n) is 12.0. The van der Waals surface area contributed by atoms with E-state index in [1.165, 1.54) is 13.0 Å². The summed E-state index contributed by atoms with van der Waals surface area (Å²) in [6.07, 6.45) is -5.09. The highest BCUT2D eigenvalue weighted by Crippen LogP contribution is 2.36. The van der Waals surface area contributed by atoms with E-state index in [2.05, 4.69) is 9.72 Å². The smallest absolute Gasteiger partial charge is 0.398 e. The first-order valence-corrected chi connectivity index (χ1v) is 6.31. The molecule has 0 aliphatic heterocycles. The Morgan fingerprint density at radius 2 is 2.00 bits per heavy atom. The second-order valence-electron chi connectivity index (χ2n) is 4.67. The van der Waals surface area contributed by atoms with Gasteiger partial charge in [-0.15, -0.1) is 13.2 Å². The highest BCUT2D eigenvalue weighted by Gasteiger charge is 2.34. The topological polar surface area (TPSA) is 109 Å². The Balaban J connectivity index is 2.67. The molecule has 7 nitrogen and oxygen atoms in total. The number of nitrogens with one attached hydrogen (secondary N) is 1. The molecule has 10 heteroatoms. The lowest BCUT2D eigenvalue weighted by Gasteiger charge is -2.11. The van der Waals surface area contributed by atoms with Crippen molar-refractivity contribution in [1.82, 2.24) is 4.98 Å². The highest BCUT2D eigenvalue weighted by molar-refractivity contribution is 5.73. The number of rotatable bonds is 3. The number of halogens is 3. The molecular weight excluding hydrogens is 331 g/mol. The van der Waals surface area contributed by atoms with Gasteiger partial charge in [-0.25, -0.2) is 0 Å². The third-order valence-electron chi connectivity index (χ3n) is 2.97. The number of benzene rings is 1. The molecule has 0 aliphatic carbocycles. The molecule has 0 radical (unpaired) electrons. The Hall–Kier alpha value is -3.35. The second-order valence-corrected chi connectivity index (χ2v) is 4.67. The van der Waals surface area contributed by atoms with Crippen molar-refractivity contribution in [2.45, 2.75) is 13.3 Å². The standard InChI is InChI=1S/C14H8F3N3O4/c1-7-4-9(10(6-18)13(21)19-7)8-2-3-12(24-14(15,16)17)11(5-8)20(22)23/h2-5H,1H3,(H,19,21). The van der Waals surface area contributed by atoms with Gasteiger partial charge in [-0.2, -0.15) is 5.26 Å². The number of nitrogens with zero attached hydrogens (tertiary/aromatic N) is 2. The molecule has 0 aliphatic rings. The van der Waals surface area contributed by atoms with Crippen molar-refractivity contribution in [2.75, 3.05) is 0 Å². The van der Waals surface area contributed by atoms with E-state index in [0.29, 0.717) is 5.69 Å². The fourth-order valence-corrected chi connectivity index (χ4v) is 2.07. The number of hydrogen-bond acceptors (Lipinski definition) is 5. The summed E-state index contributed by atoms with van der Waals surface area (Å²) in [5, 5.41) is 20.1. The van der Waals surface area contributed by atoms with Gasteiger partial charge >= 0.3 is 12.0 Å². The van der Waals surface area contributed by atoms with Crippen LogP contribution in [0.1, 0.15) is 11.3 Å². The van der Waals surface area contributed by atoms with E-state index in [0.717, 1.165) is 18.2 Å². The monoisotopic (exact) mass is 339 g/mol. The highest BCUT2D eigenvalue weighted by atomic mass is 19.4. The number of aromatic nitrogens is 1. The van der Waals surface area contributed by atoms with Gasteiger partial charge in [0.05, 0.1) is 4.92 Å². The fraction of sp³-hybridized carbons (Fsp3) is 0.143. The molecule has 1 heterocycles. The summed E-state index contributed by atoms with van der Waals surface area (Å²) < 4.78 is 40.5. The van der Waals surface area contributed by atoms with E-state index in [1.807, 2.05) is 0 Å². The lowest BCUT2D eigenvalue weighted by Crippen LogP contribution is -2.18. The minimum absolute atomic E-state index is 0.0435. The molecule has 0 amide bonds. The molecule has 1 N–H and O–H groups in total. The van der Waals surface area contributed by atoms with E-state index in [-0.39, 0.29) is 16.7 Å². The van der Waals surface area contributed by atoms with Crippen LogP contribution in [0, 0.1) is 28.4 Å². The number of aromatic amines is 1. The van der Waals surface area contributed by atoms with Crippen LogP contribution in [0.25, 0.3) is 11.1 Å². The molecule has 0 saturated heterocycles. The van der Waals surface area contributed by atoms with Gasteiger partial charge in [0.25, 0.3) is 5.56 Å². The number of H-pyrrole nitrogens is 1. The van der Waals surface area contributed by atoms with Gasteiger partial charge in [0.2, 0.25) is 5.75 Å². The molecular formula is C14H8F3N3O4. The van der Waals surface area contributed by atoms with Crippen LogP contribution in [0.4, 0.5) is 18.9 Å². The average Bonchev–Trinajstić information content (AvgIpc) is 2.45. The molecule has 0 unspecified atom stereocenters. The Morgan fingerprint density at radius 3 is 2.54 bits per heavy atom. The van der Waals surface area contributed by atoms with E-state index >= 15 is 0 Å². The minimum Gasteiger partial charge on any atom is -0.398 e. The van der Waals surface area contributed by atoms with Crippen LogP contribution in [0.2, 0.25) is 0 Å². The lowest BCUT2D eigenvalue weighted by atomic mass is 10.0. The summed E-state index contributed by atoms with van der Waals surface area (Å²) in [5.41, 5.74) is -1.45. The number of nitriles is 1. The number of hydrogen-bond donors (Lipinski definition) is 1. The maximum Gasteiger partial charge on any atom is 0.573 e. The molecule has 2 rings (SSSR count). The molecule has 0 atom stereocenters. The summed E-state index contributed by atoms with van der Waals surface area (Å²) in [6, 6.07) is 5.74. The van der Waals surface area contributed by atoms with Crippen LogP contribution in [0.3, 0.4) is 0 Å². The summed E-state index contributed by atoms with van der Waals surface area (Å²) in [7, 11) is 0. The van der Waals surface area contributed by atoms with Gasteiger partial charge in [-0.3, -0.25) is 14.9 Å². The predicted molar refractivity (Wildman–Crippen MR) is 75.3 cm³/mol. The summed E-state index contributed by atoms with van der Waals surface area (Å²) in [4.78, 5) is 24.1. The predicted octanol–water partition coefficient (Wildman–Crippen LogP) is 3.03. The third-order valence-corrected chi connectivity index (χ3v) is 2.97. The van der Waals surface area contributed by atoms with E-state index < -0.39 is 28.3 Å².